The maximum absolute atomic E-state index is 12.2. The van der Waals surface area contributed by atoms with E-state index in [0.717, 1.165) is 0 Å². The number of rotatable bonds is 4. The highest BCUT2D eigenvalue weighted by atomic mass is 35.5. The lowest BCUT2D eigenvalue weighted by Crippen LogP contribution is -2.01. The zero-order valence-corrected chi connectivity index (χ0v) is 11.4. The van der Waals surface area contributed by atoms with Crippen LogP contribution in [0.3, 0.4) is 0 Å². The summed E-state index contributed by atoms with van der Waals surface area (Å²) in [5.74, 6) is -0.0240. The van der Waals surface area contributed by atoms with Crippen LogP contribution >= 0.6 is 11.6 Å². The van der Waals surface area contributed by atoms with Crippen LogP contribution in [-0.4, -0.2) is 11.6 Å². The van der Waals surface area contributed by atoms with E-state index in [4.69, 9.17) is 11.6 Å². The number of hydrogen-bond acceptors (Lipinski definition) is 3. The predicted octanol–water partition coefficient (Wildman–Crippen LogP) is 4.31. The van der Waals surface area contributed by atoms with Crippen molar-refractivity contribution in [3.05, 3.63) is 59.9 Å². The summed E-state index contributed by atoms with van der Waals surface area (Å²) >= 11 is 6.20. The molecular weight excluding hydrogens is 298 g/mol. The Labute approximate surface area is 125 Å². The summed E-state index contributed by atoms with van der Waals surface area (Å²) in [7, 11) is 0. The second kappa shape index (κ2) is 6.82. The number of pyridine rings is 1. The van der Waals surface area contributed by atoms with Crippen molar-refractivity contribution in [2.45, 2.75) is 6.61 Å². The molecule has 1 heterocycles. The van der Waals surface area contributed by atoms with E-state index in [1.165, 1.54) is 24.4 Å². The number of nitrogens with zero attached hydrogens (tertiary/aromatic N) is 2. The maximum atomic E-state index is 12.2. The summed E-state index contributed by atoms with van der Waals surface area (Å²) in [5, 5.41) is 9.40. The SMILES string of the molecule is N#C/C(=C(\Cl)c1cccc(OC(F)F)c1)c1cccnc1. The Morgan fingerprint density at radius 3 is 2.62 bits per heavy atom. The molecule has 106 valence electrons. The number of hydrogen-bond donors (Lipinski definition) is 0. The number of aromatic nitrogens is 1. The van der Waals surface area contributed by atoms with Gasteiger partial charge in [0, 0.05) is 18.0 Å². The van der Waals surface area contributed by atoms with Crippen molar-refractivity contribution in [1.82, 2.24) is 4.98 Å². The zero-order valence-electron chi connectivity index (χ0n) is 10.6. The van der Waals surface area contributed by atoms with Crippen LogP contribution in [0.15, 0.2) is 48.8 Å². The normalized spacial score (nSPS) is 11.8. The van der Waals surface area contributed by atoms with E-state index in [2.05, 4.69) is 9.72 Å². The van der Waals surface area contributed by atoms with Crippen molar-refractivity contribution in [1.29, 1.82) is 5.26 Å². The molecule has 0 amide bonds. The summed E-state index contributed by atoms with van der Waals surface area (Å²) < 4.78 is 28.7. The van der Waals surface area contributed by atoms with Crippen LogP contribution < -0.4 is 4.74 Å². The van der Waals surface area contributed by atoms with Crippen LogP contribution in [-0.2, 0) is 0 Å². The smallest absolute Gasteiger partial charge is 0.387 e. The van der Waals surface area contributed by atoms with Crippen LogP contribution in [0.2, 0.25) is 0 Å². The predicted molar refractivity (Wildman–Crippen MR) is 75.6 cm³/mol. The van der Waals surface area contributed by atoms with E-state index in [0.29, 0.717) is 11.1 Å². The highest BCUT2D eigenvalue weighted by Crippen LogP contribution is 2.31. The van der Waals surface area contributed by atoms with Gasteiger partial charge in [-0.15, -0.1) is 0 Å². The van der Waals surface area contributed by atoms with Gasteiger partial charge < -0.3 is 4.74 Å². The van der Waals surface area contributed by atoms with Gasteiger partial charge in [-0.25, -0.2) is 0 Å². The summed E-state index contributed by atoms with van der Waals surface area (Å²) in [5.41, 5.74) is 1.17. The fraction of sp³-hybridized carbons (Fsp3) is 0.0667. The summed E-state index contributed by atoms with van der Waals surface area (Å²) in [6.07, 6.45) is 3.07. The lowest BCUT2D eigenvalue weighted by Gasteiger charge is -2.08. The Kier molecular flexibility index (Phi) is 4.85. The molecule has 0 aliphatic rings. The molecule has 2 rings (SSSR count). The number of allylic oxidation sites excluding steroid dienone is 1. The zero-order chi connectivity index (χ0) is 15.2. The van der Waals surface area contributed by atoms with Gasteiger partial charge in [0.1, 0.15) is 11.8 Å². The van der Waals surface area contributed by atoms with Crippen LogP contribution in [0.5, 0.6) is 5.75 Å². The molecule has 0 fully saturated rings. The molecule has 0 aliphatic carbocycles. The second-order valence-corrected chi connectivity index (χ2v) is 4.33. The van der Waals surface area contributed by atoms with Gasteiger partial charge in [-0.05, 0) is 23.8 Å². The Morgan fingerprint density at radius 1 is 1.24 bits per heavy atom. The van der Waals surface area contributed by atoms with Crippen molar-refractivity contribution in [2.24, 2.45) is 0 Å². The van der Waals surface area contributed by atoms with Gasteiger partial charge in [0.2, 0.25) is 0 Å². The third kappa shape index (κ3) is 3.77. The van der Waals surface area contributed by atoms with Crippen molar-refractivity contribution < 1.29 is 13.5 Å². The van der Waals surface area contributed by atoms with Gasteiger partial charge in [0.05, 0.1) is 10.6 Å². The van der Waals surface area contributed by atoms with Crippen LogP contribution in [0.25, 0.3) is 10.6 Å². The van der Waals surface area contributed by atoms with Crippen molar-refractivity contribution in [3.63, 3.8) is 0 Å². The minimum Gasteiger partial charge on any atom is -0.435 e. The molecule has 0 bridgehead atoms. The molecule has 0 radical (unpaired) electrons. The quantitative estimate of drug-likeness (QED) is 0.791. The number of nitriles is 1. The minimum absolute atomic E-state index is 0.0240. The van der Waals surface area contributed by atoms with Gasteiger partial charge in [-0.3, -0.25) is 4.98 Å². The van der Waals surface area contributed by atoms with Crippen LogP contribution in [0.1, 0.15) is 11.1 Å². The molecule has 0 atom stereocenters. The molecule has 2 aromatic rings. The lowest BCUT2D eigenvalue weighted by atomic mass is 10.1. The van der Waals surface area contributed by atoms with E-state index in [1.807, 2.05) is 6.07 Å². The minimum atomic E-state index is -2.92. The Bertz CT molecular complexity index is 696. The van der Waals surface area contributed by atoms with Gasteiger partial charge in [-0.2, -0.15) is 14.0 Å². The van der Waals surface area contributed by atoms with Gasteiger partial charge in [0.25, 0.3) is 0 Å². The summed E-state index contributed by atoms with van der Waals surface area (Å²) in [6.45, 7) is -2.92. The average molecular weight is 307 g/mol. The first-order chi connectivity index (χ1) is 10.1. The molecule has 0 saturated carbocycles. The molecule has 21 heavy (non-hydrogen) atoms. The van der Waals surface area contributed by atoms with Crippen LogP contribution in [0, 0.1) is 11.3 Å². The molecule has 0 aliphatic heterocycles. The number of ether oxygens (including phenoxy) is 1. The van der Waals surface area contributed by atoms with Gasteiger partial charge in [0.15, 0.2) is 0 Å². The van der Waals surface area contributed by atoms with Crippen molar-refractivity contribution >= 4 is 22.2 Å². The standard InChI is InChI=1S/C15H9ClF2N2O/c16-14(13(8-19)11-4-2-6-20-9-11)10-3-1-5-12(7-10)21-15(17)18/h1-7,9,15H/b14-13+. The molecule has 6 heteroatoms. The summed E-state index contributed by atoms with van der Waals surface area (Å²) in [4.78, 5) is 3.92. The van der Waals surface area contributed by atoms with Crippen molar-refractivity contribution in [3.8, 4) is 11.8 Å². The monoisotopic (exact) mass is 306 g/mol. The highest BCUT2D eigenvalue weighted by Gasteiger charge is 2.11. The third-order valence-electron chi connectivity index (χ3n) is 2.59. The molecule has 1 aromatic heterocycles. The summed E-state index contributed by atoms with van der Waals surface area (Å²) in [6, 6.07) is 11.2. The Balaban J connectivity index is 2.44. The van der Waals surface area contributed by atoms with Gasteiger partial charge in [-0.1, -0.05) is 29.8 Å². The highest BCUT2D eigenvalue weighted by molar-refractivity contribution is 6.53. The molecule has 0 saturated heterocycles. The van der Waals surface area contributed by atoms with E-state index < -0.39 is 6.61 Å². The fourth-order valence-electron chi connectivity index (χ4n) is 1.70. The lowest BCUT2D eigenvalue weighted by molar-refractivity contribution is -0.0498. The van der Waals surface area contributed by atoms with Gasteiger partial charge >= 0.3 is 6.61 Å². The topological polar surface area (TPSA) is 45.9 Å². The van der Waals surface area contributed by atoms with Crippen LogP contribution in [0.4, 0.5) is 8.78 Å². The molecular formula is C15H9ClF2N2O. The first-order valence-electron chi connectivity index (χ1n) is 5.87. The molecule has 0 N–H and O–H groups in total. The maximum Gasteiger partial charge on any atom is 0.387 e. The van der Waals surface area contributed by atoms with Crippen molar-refractivity contribution in [2.75, 3.05) is 0 Å². The second-order valence-electron chi connectivity index (χ2n) is 3.95. The van der Waals surface area contributed by atoms with E-state index >= 15 is 0 Å². The Morgan fingerprint density at radius 2 is 2.00 bits per heavy atom. The van der Waals surface area contributed by atoms with E-state index in [9.17, 15) is 14.0 Å². The molecule has 0 spiro atoms. The molecule has 3 nitrogen and oxygen atoms in total. The average Bonchev–Trinajstić information content (AvgIpc) is 2.48. The first-order valence-corrected chi connectivity index (χ1v) is 6.25. The largest absolute Gasteiger partial charge is 0.435 e. The number of halogens is 3. The van der Waals surface area contributed by atoms with E-state index in [1.54, 1.807) is 24.4 Å². The molecule has 0 unspecified atom stereocenters. The first kappa shape index (κ1) is 14.9. The number of benzene rings is 1. The fourth-order valence-corrected chi connectivity index (χ4v) is 1.97. The third-order valence-corrected chi connectivity index (χ3v) is 3.00. The van der Waals surface area contributed by atoms with E-state index in [-0.39, 0.29) is 16.4 Å². The molecule has 1 aromatic carbocycles. The Hall–Kier alpha value is -2.45. The number of alkyl halides is 2.